The summed E-state index contributed by atoms with van der Waals surface area (Å²) in [6.45, 7) is 2.94. The monoisotopic (exact) mass is 218 g/mol. The molecule has 0 amide bonds. The zero-order valence-corrected chi connectivity index (χ0v) is 9.13. The van der Waals surface area contributed by atoms with Gasteiger partial charge in [0.05, 0.1) is 0 Å². The molecular formula is C11H14N4O. The van der Waals surface area contributed by atoms with Crippen LogP contribution in [0.25, 0.3) is 0 Å². The lowest BCUT2D eigenvalue weighted by Crippen LogP contribution is -2.21. The van der Waals surface area contributed by atoms with E-state index in [9.17, 15) is 0 Å². The third kappa shape index (κ3) is 2.87. The van der Waals surface area contributed by atoms with E-state index in [1.165, 1.54) is 12.0 Å². The van der Waals surface area contributed by atoms with Crippen LogP contribution in [0, 0.1) is 0 Å². The Morgan fingerprint density at radius 1 is 1.38 bits per heavy atom. The van der Waals surface area contributed by atoms with Crippen LogP contribution in [-0.4, -0.2) is 21.7 Å². The highest BCUT2D eigenvalue weighted by atomic mass is 16.5. The first-order valence-corrected chi connectivity index (χ1v) is 5.25. The van der Waals surface area contributed by atoms with E-state index in [1.807, 2.05) is 12.1 Å². The second kappa shape index (κ2) is 5.37. The molecule has 0 radical (unpaired) electrons. The van der Waals surface area contributed by atoms with Crippen molar-refractivity contribution in [2.24, 2.45) is 0 Å². The van der Waals surface area contributed by atoms with Crippen LogP contribution in [0.4, 0.5) is 0 Å². The summed E-state index contributed by atoms with van der Waals surface area (Å²) in [7, 11) is 0. The van der Waals surface area contributed by atoms with Gasteiger partial charge in [-0.15, -0.1) is 0 Å². The molecule has 2 aromatic rings. The maximum atomic E-state index is 4.66. The van der Waals surface area contributed by atoms with Gasteiger partial charge in [0.2, 0.25) is 6.39 Å². The van der Waals surface area contributed by atoms with Gasteiger partial charge in [0.25, 0.3) is 0 Å². The van der Waals surface area contributed by atoms with Gasteiger partial charge in [0.1, 0.15) is 0 Å². The van der Waals surface area contributed by atoms with Gasteiger partial charge in [-0.25, -0.2) is 0 Å². The van der Waals surface area contributed by atoms with Gasteiger partial charge in [0.15, 0.2) is 5.82 Å². The van der Waals surface area contributed by atoms with E-state index in [-0.39, 0.29) is 0 Å². The Kier molecular flexibility index (Phi) is 3.61. The Hall–Kier alpha value is -1.75. The molecule has 0 saturated heterocycles. The van der Waals surface area contributed by atoms with Gasteiger partial charge in [0, 0.05) is 31.4 Å². The van der Waals surface area contributed by atoms with E-state index in [0.29, 0.717) is 6.04 Å². The number of hydrogen-bond donors (Lipinski definition) is 1. The van der Waals surface area contributed by atoms with Crippen molar-refractivity contribution < 1.29 is 4.52 Å². The highest BCUT2D eigenvalue weighted by Gasteiger charge is 2.04. The largest absolute Gasteiger partial charge is 0.343 e. The first kappa shape index (κ1) is 10.8. The highest BCUT2D eigenvalue weighted by molar-refractivity contribution is 5.13. The summed E-state index contributed by atoms with van der Waals surface area (Å²) < 4.78 is 4.66. The van der Waals surface area contributed by atoms with E-state index >= 15 is 0 Å². The zero-order chi connectivity index (χ0) is 11.2. The fourth-order valence-electron chi connectivity index (χ4n) is 1.47. The molecule has 2 aromatic heterocycles. The molecule has 84 valence electrons. The number of hydrogen-bond acceptors (Lipinski definition) is 5. The Bertz CT molecular complexity index is 401. The van der Waals surface area contributed by atoms with Crippen LogP contribution < -0.4 is 5.32 Å². The minimum atomic E-state index is 0.301. The van der Waals surface area contributed by atoms with E-state index in [0.717, 1.165) is 18.8 Å². The molecule has 0 fully saturated rings. The summed E-state index contributed by atoms with van der Waals surface area (Å²) >= 11 is 0. The SMILES string of the molecule is CC(NCCc1ncon1)c1ccncc1. The summed E-state index contributed by atoms with van der Waals surface area (Å²) in [6, 6.07) is 4.31. The molecule has 0 bridgehead atoms. The molecule has 5 nitrogen and oxygen atoms in total. The van der Waals surface area contributed by atoms with Crippen LogP contribution in [0.5, 0.6) is 0 Å². The van der Waals surface area contributed by atoms with Crippen LogP contribution in [0.2, 0.25) is 0 Å². The van der Waals surface area contributed by atoms with Gasteiger partial charge in [-0.3, -0.25) is 4.98 Å². The maximum absolute atomic E-state index is 4.66. The summed E-state index contributed by atoms with van der Waals surface area (Å²) in [5.74, 6) is 0.731. The van der Waals surface area contributed by atoms with E-state index in [1.54, 1.807) is 12.4 Å². The molecule has 0 aliphatic carbocycles. The van der Waals surface area contributed by atoms with Crippen molar-refractivity contribution in [1.29, 1.82) is 0 Å². The van der Waals surface area contributed by atoms with E-state index in [2.05, 4.69) is 31.9 Å². The lowest BCUT2D eigenvalue weighted by molar-refractivity contribution is 0.408. The van der Waals surface area contributed by atoms with E-state index in [4.69, 9.17) is 0 Å². The number of aromatic nitrogens is 3. The van der Waals surface area contributed by atoms with Crippen LogP contribution >= 0.6 is 0 Å². The van der Waals surface area contributed by atoms with Crippen molar-refractivity contribution in [3.8, 4) is 0 Å². The molecule has 0 aliphatic heterocycles. The Balaban J connectivity index is 1.78. The normalized spacial score (nSPS) is 12.6. The third-order valence-corrected chi connectivity index (χ3v) is 2.41. The zero-order valence-electron chi connectivity index (χ0n) is 9.13. The lowest BCUT2D eigenvalue weighted by Gasteiger charge is -2.12. The molecule has 2 heterocycles. The molecule has 16 heavy (non-hydrogen) atoms. The summed E-state index contributed by atoms with van der Waals surface area (Å²) in [5, 5.41) is 7.14. The predicted octanol–water partition coefficient (Wildman–Crippen LogP) is 1.36. The Labute approximate surface area is 93.9 Å². The van der Waals surface area contributed by atoms with Crippen molar-refractivity contribution in [3.63, 3.8) is 0 Å². The third-order valence-electron chi connectivity index (χ3n) is 2.41. The lowest BCUT2D eigenvalue weighted by atomic mass is 10.1. The van der Waals surface area contributed by atoms with Gasteiger partial charge < -0.3 is 9.84 Å². The van der Waals surface area contributed by atoms with Crippen molar-refractivity contribution in [1.82, 2.24) is 20.4 Å². The molecule has 2 rings (SSSR count). The molecule has 0 aromatic carbocycles. The topological polar surface area (TPSA) is 63.8 Å². The van der Waals surface area contributed by atoms with Crippen molar-refractivity contribution in [2.45, 2.75) is 19.4 Å². The quantitative estimate of drug-likeness (QED) is 0.820. The van der Waals surface area contributed by atoms with Crippen LogP contribution in [0.1, 0.15) is 24.4 Å². The minimum Gasteiger partial charge on any atom is -0.343 e. The molecule has 0 spiro atoms. The smallest absolute Gasteiger partial charge is 0.213 e. The average molecular weight is 218 g/mol. The Morgan fingerprint density at radius 3 is 2.88 bits per heavy atom. The summed E-state index contributed by atoms with van der Waals surface area (Å²) in [5.41, 5.74) is 1.23. The fraction of sp³-hybridized carbons (Fsp3) is 0.364. The van der Waals surface area contributed by atoms with Crippen molar-refractivity contribution in [2.75, 3.05) is 6.54 Å². The standard InChI is InChI=1S/C11H14N4O/c1-9(10-2-5-12-6-3-10)13-7-4-11-14-8-16-15-11/h2-3,5-6,8-9,13H,4,7H2,1H3. The van der Waals surface area contributed by atoms with Gasteiger partial charge in [-0.05, 0) is 24.6 Å². The average Bonchev–Trinajstić information content (AvgIpc) is 2.83. The fourth-order valence-corrected chi connectivity index (χ4v) is 1.47. The second-order valence-corrected chi connectivity index (χ2v) is 3.55. The van der Waals surface area contributed by atoms with E-state index < -0.39 is 0 Å². The molecular weight excluding hydrogens is 204 g/mol. The van der Waals surface area contributed by atoms with Gasteiger partial charge in [-0.2, -0.15) is 4.98 Å². The first-order valence-electron chi connectivity index (χ1n) is 5.25. The number of rotatable bonds is 5. The predicted molar refractivity (Wildman–Crippen MR) is 58.7 cm³/mol. The minimum absolute atomic E-state index is 0.301. The number of nitrogens with zero attached hydrogens (tertiary/aromatic N) is 3. The highest BCUT2D eigenvalue weighted by Crippen LogP contribution is 2.09. The summed E-state index contributed by atoms with van der Waals surface area (Å²) in [4.78, 5) is 7.95. The van der Waals surface area contributed by atoms with Crippen LogP contribution in [-0.2, 0) is 6.42 Å². The van der Waals surface area contributed by atoms with Gasteiger partial charge >= 0.3 is 0 Å². The van der Waals surface area contributed by atoms with Crippen molar-refractivity contribution in [3.05, 3.63) is 42.3 Å². The molecule has 1 unspecified atom stereocenters. The maximum Gasteiger partial charge on any atom is 0.213 e. The molecule has 1 atom stereocenters. The van der Waals surface area contributed by atoms with Crippen LogP contribution in [0.15, 0.2) is 35.4 Å². The number of nitrogens with one attached hydrogen (secondary N) is 1. The molecule has 0 saturated carbocycles. The van der Waals surface area contributed by atoms with Crippen molar-refractivity contribution >= 4 is 0 Å². The summed E-state index contributed by atoms with van der Waals surface area (Å²) in [6.07, 6.45) is 5.72. The van der Waals surface area contributed by atoms with Gasteiger partial charge in [-0.1, -0.05) is 5.16 Å². The molecule has 1 N–H and O–H groups in total. The molecule has 0 aliphatic rings. The molecule has 5 heteroatoms. The second-order valence-electron chi connectivity index (χ2n) is 3.55. The Morgan fingerprint density at radius 2 is 2.19 bits per heavy atom. The number of pyridine rings is 1. The van der Waals surface area contributed by atoms with Crippen LogP contribution in [0.3, 0.4) is 0 Å². The first-order chi connectivity index (χ1) is 7.86.